The van der Waals surface area contributed by atoms with Crippen LogP contribution in [0.2, 0.25) is 0 Å². The highest BCUT2D eigenvalue weighted by atomic mass is 19.1. The van der Waals surface area contributed by atoms with E-state index in [1.54, 1.807) is 42.5 Å². The van der Waals surface area contributed by atoms with Crippen molar-refractivity contribution in [3.05, 3.63) is 84.2 Å². The summed E-state index contributed by atoms with van der Waals surface area (Å²) >= 11 is 0. The standard InChI is InChI=1S/C26H26FN5O4/c1-35-15-14-28-26(34)25(18-10-12-21(36-2)13-11-18)32(20-7-5-6-19(27)16-20)24(33)17-31-23-9-4-3-8-22(23)29-30-31/h3-13,16,25H,14-15,17H2,1-2H3,(H,28,34)/t25-/m0/s1. The van der Waals surface area contributed by atoms with Crippen molar-refractivity contribution >= 4 is 28.5 Å². The van der Waals surface area contributed by atoms with E-state index in [1.165, 1.54) is 42.0 Å². The van der Waals surface area contributed by atoms with Crippen molar-refractivity contribution < 1.29 is 23.5 Å². The van der Waals surface area contributed by atoms with Crippen molar-refractivity contribution in [2.24, 2.45) is 0 Å². The van der Waals surface area contributed by atoms with Crippen LogP contribution >= 0.6 is 0 Å². The molecular weight excluding hydrogens is 465 g/mol. The monoisotopic (exact) mass is 491 g/mol. The molecule has 4 aromatic rings. The van der Waals surface area contributed by atoms with Gasteiger partial charge in [0.05, 0.1) is 19.2 Å². The van der Waals surface area contributed by atoms with Gasteiger partial charge in [0, 0.05) is 19.3 Å². The molecule has 1 aromatic heterocycles. The number of nitrogens with one attached hydrogen (secondary N) is 1. The molecule has 2 amide bonds. The zero-order valence-electron chi connectivity index (χ0n) is 19.9. The number of carbonyl (C=O) groups excluding carboxylic acids is 2. The number of ether oxygens (including phenoxy) is 2. The Morgan fingerprint density at radius 1 is 1.06 bits per heavy atom. The maximum absolute atomic E-state index is 14.3. The minimum atomic E-state index is -1.10. The lowest BCUT2D eigenvalue weighted by atomic mass is 10.0. The average molecular weight is 492 g/mol. The van der Waals surface area contributed by atoms with Gasteiger partial charge in [-0.3, -0.25) is 14.5 Å². The second-order valence-corrected chi connectivity index (χ2v) is 7.94. The Bertz CT molecular complexity index is 1340. The van der Waals surface area contributed by atoms with Crippen LogP contribution in [0.15, 0.2) is 72.8 Å². The van der Waals surface area contributed by atoms with Crippen molar-refractivity contribution in [2.75, 3.05) is 32.3 Å². The number of carbonyl (C=O) groups is 2. The molecule has 36 heavy (non-hydrogen) atoms. The van der Waals surface area contributed by atoms with E-state index in [4.69, 9.17) is 9.47 Å². The summed E-state index contributed by atoms with van der Waals surface area (Å²) in [5, 5.41) is 11.0. The number of hydrogen-bond acceptors (Lipinski definition) is 6. The number of fused-ring (bicyclic) bond motifs is 1. The first-order valence-electron chi connectivity index (χ1n) is 11.3. The van der Waals surface area contributed by atoms with Crippen molar-refractivity contribution in [1.29, 1.82) is 0 Å². The molecule has 9 nitrogen and oxygen atoms in total. The Morgan fingerprint density at radius 3 is 2.56 bits per heavy atom. The number of para-hydroxylation sites is 1. The van der Waals surface area contributed by atoms with Gasteiger partial charge in [0.1, 0.15) is 29.7 Å². The van der Waals surface area contributed by atoms with Crippen molar-refractivity contribution in [3.63, 3.8) is 0 Å². The van der Waals surface area contributed by atoms with Crippen LogP contribution in [0.5, 0.6) is 5.75 Å². The summed E-state index contributed by atoms with van der Waals surface area (Å²) in [5.41, 5.74) is 2.04. The molecule has 1 atom stereocenters. The van der Waals surface area contributed by atoms with Gasteiger partial charge < -0.3 is 14.8 Å². The van der Waals surface area contributed by atoms with Crippen LogP contribution in [-0.2, 0) is 20.9 Å². The second kappa shape index (κ2) is 11.4. The molecule has 0 fully saturated rings. The largest absolute Gasteiger partial charge is 0.497 e. The minimum Gasteiger partial charge on any atom is -0.497 e. The lowest BCUT2D eigenvalue weighted by Gasteiger charge is -2.31. The second-order valence-electron chi connectivity index (χ2n) is 7.94. The van der Waals surface area contributed by atoms with Crippen LogP contribution < -0.4 is 15.0 Å². The van der Waals surface area contributed by atoms with Gasteiger partial charge in [0.25, 0.3) is 0 Å². The smallest absolute Gasteiger partial charge is 0.249 e. The first-order valence-corrected chi connectivity index (χ1v) is 11.3. The Hall–Kier alpha value is -4.31. The number of anilines is 1. The van der Waals surface area contributed by atoms with Gasteiger partial charge >= 0.3 is 0 Å². The molecule has 0 unspecified atom stereocenters. The summed E-state index contributed by atoms with van der Waals surface area (Å²) in [6.07, 6.45) is 0. The fourth-order valence-electron chi connectivity index (χ4n) is 3.88. The Kier molecular flexibility index (Phi) is 7.86. The summed E-state index contributed by atoms with van der Waals surface area (Å²) in [6.45, 7) is 0.315. The van der Waals surface area contributed by atoms with E-state index in [9.17, 15) is 14.0 Å². The zero-order chi connectivity index (χ0) is 25.5. The fourth-order valence-corrected chi connectivity index (χ4v) is 3.88. The molecule has 0 bridgehead atoms. The van der Waals surface area contributed by atoms with Crippen LogP contribution in [0, 0.1) is 5.82 Å². The first kappa shape index (κ1) is 24.8. The first-order chi connectivity index (χ1) is 17.5. The van der Waals surface area contributed by atoms with E-state index in [0.29, 0.717) is 29.0 Å². The molecule has 0 aliphatic heterocycles. The van der Waals surface area contributed by atoms with E-state index in [2.05, 4.69) is 15.6 Å². The molecule has 1 N–H and O–H groups in total. The van der Waals surface area contributed by atoms with Gasteiger partial charge in [0.2, 0.25) is 11.8 Å². The molecule has 186 valence electrons. The van der Waals surface area contributed by atoms with Gasteiger partial charge in [-0.25, -0.2) is 9.07 Å². The highest BCUT2D eigenvalue weighted by Gasteiger charge is 2.33. The van der Waals surface area contributed by atoms with Crippen molar-refractivity contribution in [2.45, 2.75) is 12.6 Å². The predicted octanol–water partition coefficient (Wildman–Crippen LogP) is 3.12. The van der Waals surface area contributed by atoms with Gasteiger partial charge in [0.15, 0.2) is 0 Å². The van der Waals surface area contributed by atoms with Crippen LogP contribution in [-0.4, -0.2) is 54.2 Å². The highest BCUT2D eigenvalue weighted by Crippen LogP contribution is 2.30. The van der Waals surface area contributed by atoms with E-state index >= 15 is 0 Å². The van der Waals surface area contributed by atoms with E-state index in [1.807, 2.05) is 12.1 Å². The number of hydrogen-bond donors (Lipinski definition) is 1. The molecule has 0 aliphatic carbocycles. The lowest BCUT2D eigenvalue weighted by Crippen LogP contribution is -2.46. The van der Waals surface area contributed by atoms with Gasteiger partial charge in [-0.1, -0.05) is 35.5 Å². The third-order valence-electron chi connectivity index (χ3n) is 5.60. The fraction of sp³-hybridized carbons (Fsp3) is 0.231. The maximum Gasteiger partial charge on any atom is 0.249 e. The number of methoxy groups -OCH3 is 2. The summed E-state index contributed by atoms with van der Waals surface area (Å²) < 4.78 is 26.0. The van der Waals surface area contributed by atoms with E-state index in [-0.39, 0.29) is 18.8 Å². The van der Waals surface area contributed by atoms with Crippen molar-refractivity contribution in [1.82, 2.24) is 20.3 Å². The molecule has 1 heterocycles. The number of benzene rings is 3. The third-order valence-corrected chi connectivity index (χ3v) is 5.60. The SMILES string of the molecule is COCCNC(=O)[C@H](c1ccc(OC)cc1)N(C(=O)Cn1nnc2ccccc21)c1cccc(F)c1. The molecular formula is C26H26FN5O4. The molecule has 0 spiro atoms. The summed E-state index contributed by atoms with van der Waals surface area (Å²) in [5.74, 6) is -0.864. The van der Waals surface area contributed by atoms with Gasteiger partial charge in [-0.15, -0.1) is 5.10 Å². The minimum absolute atomic E-state index is 0.213. The molecule has 3 aromatic carbocycles. The maximum atomic E-state index is 14.3. The molecule has 4 rings (SSSR count). The molecule has 0 aliphatic rings. The Morgan fingerprint density at radius 2 is 1.83 bits per heavy atom. The van der Waals surface area contributed by atoms with Crippen molar-refractivity contribution in [3.8, 4) is 5.75 Å². The van der Waals surface area contributed by atoms with Gasteiger partial charge in [-0.05, 0) is 48.0 Å². The number of halogens is 1. The summed E-state index contributed by atoms with van der Waals surface area (Å²) in [4.78, 5) is 28.6. The number of aromatic nitrogens is 3. The third kappa shape index (κ3) is 5.49. The highest BCUT2D eigenvalue weighted by molar-refractivity contribution is 6.01. The van der Waals surface area contributed by atoms with E-state index < -0.39 is 23.7 Å². The van der Waals surface area contributed by atoms with Crippen LogP contribution in [0.4, 0.5) is 10.1 Å². The van der Waals surface area contributed by atoms with Gasteiger partial charge in [-0.2, -0.15) is 0 Å². The number of nitrogens with zero attached hydrogens (tertiary/aromatic N) is 4. The molecule has 0 radical (unpaired) electrons. The zero-order valence-corrected chi connectivity index (χ0v) is 19.9. The summed E-state index contributed by atoms with van der Waals surface area (Å²) in [7, 11) is 3.06. The Labute approximate surface area is 207 Å². The Balaban J connectivity index is 1.77. The topological polar surface area (TPSA) is 98.6 Å². The van der Waals surface area contributed by atoms with Crippen LogP contribution in [0.1, 0.15) is 11.6 Å². The number of amides is 2. The summed E-state index contributed by atoms with van der Waals surface area (Å²) in [6, 6.07) is 18.5. The quantitative estimate of drug-likeness (QED) is 0.342. The lowest BCUT2D eigenvalue weighted by molar-refractivity contribution is -0.127. The average Bonchev–Trinajstić information content (AvgIpc) is 3.30. The molecule has 0 saturated carbocycles. The number of rotatable bonds is 10. The van der Waals surface area contributed by atoms with Crippen LogP contribution in [0.3, 0.4) is 0 Å². The predicted molar refractivity (Wildman–Crippen MR) is 132 cm³/mol. The molecule has 0 saturated heterocycles. The molecule has 10 heteroatoms. The van der Waals surface area contributed by atoms with Crippen LogP contribution in [0.25, 0.3) is 11.0 Å². The van der Waals surface area contributed by atoms with E-state index in [0.717, 1.165) is 0 Å². The normalized spacial score (nSPS) is 11.8.